The van der Waals surface area contributed by atoms with E-state index in [-0.39, 0.29) is 17.8 Å². The minimum atomic E-state index is -1.03. The molecule has 0 aromatic heterocycles. The van der Waals surface area contributed by atoms with E-state index in [4.69, 9.17) is 16.6 Å². The van der Waals surface area contributed by atoms with Gasteiger partial charge in [-0.3, -0.25) is 19.9 Å². The molecule has 0 heterocycles. The number of carboxylic acids is 1. The van der Waals surface area contributed by atoms with Crippen molar-refractivity contribution in [1.82, 2.24) is 5.32 Å². The summed E-state index contributed by atoms with van der Waals surface area (Å²) < 4.78 is 0. The molecule has 0 bridgehead atoms. The van der Waals surface area contributed by atoms with E-state index < -0.39 is 12.0 Å². The van der Waals surface area contributed by atoms with Crippen molar-refractivity contribution in [2.45, 2.75) is 45.6 Å². The second-order valence-corrected chi connectivity index (χ2v) is 4.36. The average Bonchev–Trinajstić information content (AvgIpc) is 2.35. The molecule has 1 atom stereocenters. The van der Waals surface area contributed by atoms with Crippen LogP contribution in [0.4, 0.5) is 0 Å². The lowest BCUT2D eigenvalue weighted by Crippen LogP contribution is -2.40. The second kappa shape index (κ2) is 9.32. The summed E-state index contributed by atoms with van der Waals surface area (Å²) in [6.45, 7) is 4.22. The van der Waals surface area contributed by atoms with Crippen LogP contribution >= 0.6 is 0 Å². The Morgan fingerprint density at radius 3 is 2.37 bits per heavy atom. The number of aliphatic imine (C=N–C) groups is 1. The first kappa shape index (κ1) is 17.4. The van der Waals surface area contributed by atoms with Crippen LogP contribution in [0.25, 0.3) is 0 Å². The molecule has 0 aliphatic rings. The molecule has 0 saturated heterocycles. The number of nitrogens with two attached hydrogens (primary N) is 2. The highest BCUT2D eigenvalue weighted by Crippen LogP contribution is 2.06. The van der Waals surface area contributed by atoms with Crippen LogP contribution in [0.5, 0.6) is 0 Å². The molecular weight excluding hydrogens is 248 g/mol. The summed E-state index contributed by atoms with van der Waals surface area (Å²) >= 11 is 0. The molecule has 0 fully saturated rings. The predicted molar refractivity (Wildman–Crippen MR) is 73.5 cm³/mol. The highest BCUT2D eigenvalue weighted by atomic mass is 16.4. The Balaban J connectivity index is 4.01. The summed E-state index contributed by atoms with van der Waals surface area (Å²) in [5, 5.41) is 11.1. The van der Waals surface area contributed by atoms with Gasteiger partial charge in [-0.1, -0.05) is 13.8 Å². The van der Waals surface area contributed by atoms with Gasteiger partial charge in [-0.25, -0.2) is 0 Å². The number of hydrogen-bond donors (Lipinski definition) is 4. The Morgan fingerprint density at radius 2 is 1.89 bits per heavy atom. The van der Waals surface area contributed by atoms with Gasteiger partial charge in [0, 0.05) is 12.5 Å². The number of carbonyl (C=O) groups excluding carboxylic acids is 1. The van der Waals surface area contributed by atoms with E-state index in [2.05, 4.69) is 10.3 Å². The fourth-order valence-corrected chi connectivity index (χ4v) is 1.56. The highest BCUT2D eigenvalue weighted by molar-refractivity contribution is 5.97. The van der Waals surface area contributed by atoms with E-state index in [1.54, 1.807) is 0 Å². The second-order valence-electron chi connectivity index (χ2n) is 4.36. The molecule has 0 spiro atoms. The monoisotopic (exact) mass is 272 g/mol. The third kappa shape index (κ3) is 7.40. The molecule has 0 saturated carbocycles. The van der Waals surface area contributed by atoms with Gasteiger partial charge in [0.2, 0.25) is 5.91 Å². The van der Waals surface area contributed by atoms with Gasteiger partial charge in [-0.2, -0.15) is 0 Å². The maximum absolute atomic E-state index is 11.7. The zero-order valence-corrected chi connectivity index (χ0v) is 11.6. The van der Waals surface area contributed by atoms with Crippen molar-refractivity contribution in [3.05, 3.63) is 0 Å². The van der Waals surface area contributed by atoms with Crippen LogP contribution in [0.15, 0.2) is 4.99 Å². The van der Waals surface area contributed by atoms with Crippen molar-refractivity contribution in [1.29, 1.82) is 0 Å². The van der Waals surface area contributed by atoms with Crippen LogP contribution in [0.2, 0.25) is 0 Å². The molecule has 0 aliphatic heterocycles. The number of amides is 1. The maximum Gasteiger partial charge on any atom is 0.320 e. The summed E-state index contributed by atoms with van der Waals surface area (Å²) in [7, 11) is 0. The average molecular weight is 272 g/mol. The van der Waals surface area contributed by atoms with Gasteiger partial charge in [0.05, 0.1) is 0 Å². The Hall–Kier alpha value is -1.63. The Bertz CT molecular complexity index is 327. The van der Waals surface area contributed by atoms with E-state index in [1.807, 2.05) is 13.8 Å². The SMILES string of the molecule is CCC(CC)C(=O)NC(N)=NCCCC(N)C(=O)O. The van der Waals surface area contributed by atoms with Crippen molar-refractivity contribution >= 4 is 17.8 Å². The molecular formula is C12H24N4O3. The summed E-state index contributed by atoms with van der Waals surface area (Å²) in [6.07, 6.45) is 2.34. The number of guanidine groups is 1. The Kier molecular flexibility index (Phi) is 8.52. The van der Waals surface area contributed by atoms with E-state index in [0.717, 1.165) is 12.8 Å². The van der Waals surface area contributed by atoms with Gasteiger partial charge < -0.3 is 16.6 Å². The van der Waals surface area contributed by atoms with E-state index in [1.165, 1.54) is 0 Å². The molecule has 19 heavy (non-hydrogen) atoms. The molecule has 1 amide bonds. The smallest absolute Gasteiger partial charge is 0.320 e. The van der Waals surface area contributed by atoms with Crippen LogP contribution in [0.3, 0.4) is 0 Å². The van der Waals surface area contributed by atoms with Gasteiger partial charge >= 0.3 is 5.97 Å². The topological polar surface area (TPSA) is 131 Å². The summed E-state index contributed by atoms with van der Waals surface area (Å²) in [4.78, 5) is 26.1. The lowest BCUT2D eigenvalue weighted by molar-refractivity contribution is -0.138. The largest absolute Gasteiger partial charge is 0.480 e. The molecule has 0 rings (SSSR count). The molecule has 0 aromatic carbocycles. The maximum atomic E-state index is 11.7. The number of carboxylic acid groups (broad SMARTS) is 1. The molecule has 7 nitrogen and oxygen atoms in total. The number of carbonyl (C=O) groups is 2. The quantitative estimate of drug-likeness (QED) is 0.281. The summed E-state index contributed by atoms with van der Waals surface area (Å²) in [5.41, 5.74) is 10.9. The van der Waals surface area contributed by atoms with Crippen LogP contribution in [-0.2, 0) is 9.59 Å². The van der Waals surface area contributed by atoms with Gasteiger partial charge in [-0.15, -0.1) is 0 Å². The first-order valence-corrected chi connectivity index (χ1v) is 6.51. The normalized spacial score (nSPS) is 13.4. The van der Waals surface area contributed by atoms with Crippen molar-refractivity contribution in [2.24, 2.45) is 22.4 Å². The fourth-order valence-electron chi connectivity index (χ4n) is 1.56. The molecule has 6 N–H and O–H groups in total. The van der Waals surface area contributed by atoms with Gasteiger partial charge in [0.1, 0.15) is 6.04 Å². The number of rotatable bonds is 8. The minimum Gasteiger partial charge on any atom is -0.480 e. The third-order valence-electron chi connectivity index (χ3n) is 2.88. The van der Waals surface area contributed by atoms with Gasteiger partial charge in [0.25, 0.3) is 0 Å². The number of aliphatic carboxylic acids is 1. The molecule has 1 unspecified atom stereocenters. The van der Waals surface area contributed by atoms with Crippen LogP contribution in [-0.4, -0.2) is 35.5 Å². The van der Waals surface area contributed by atoms with Gasteiger partial charge in [0.15, 0.2) is 5.96 Å². The zero-order valence-electron chi connectivity index (χ0n) is 11.6. The van der Waals surface area contributed by atoms with Crippen molar-refractivity contribution in [2.75, 3.05) is 6.54 Å². The van der Waals surface area contributed by atoms with E-state index >= 15 is 0 Å². The fraction of sp³-hybridized carbons (Fsp3) is 0.750. The minimum absolute atomic E-state index is 0.0609. The summed E-state index contributed by atoms with van der Waals surface area (Å²) in [6, 6.07) is -0.879. The standard InChI is InChI=1S/C12H24N4O3/c1-3-8(4-2)10(17)16-12(14)15-7-5-6-9(13)11(18)19/h8-9H,3-7,13H2,1-2H3,(H,18,19)(H3,14,15,16,17). The van der Waals surface area contributed by atoms with Crippen LogP contribution in [0.1, 0.15) is 39.5 Å². The van der Waals surface area contributed by atoms with E-state index in [0.29, 0.717) is 19.4 Å². The lowest BCUT2D eigenvalue weighted by atomic mass is 10.0. The molecule has 0 radical (unpaired) electrons. The first-order chi connectivity index (χ1) is 8.92. The lowest BCUT2D eigenvalue weighted by Gasteiger charge is -2.12. The van der Waals surface area contributed by atoms with Crippen molar-refractivity contribution < 1.29 is 14.7 Å². The van der Waals surface area contributed by atoms with Gasteiger partial charge in [-0.05, 0) is 25.7 Å². The molecule has 110 valence electrons. The first-order valence-electron chi connectivity index (χ1n) is 6.51. The molecule has 7 heteroatoms. The highest BCUT2D eigenvalue weighted by Gasteiger charge is 2.14. The van der Waals surface area contributed by atoms with E-state index in [9.17, 15) is 9.59 Å². The number of nitrogens with one attached hydrogen (secondary N) is 1. The van der Waals surface area contributed by atoms with Crippen LogP contribution < -0.4 is 16.8 Å². The zero-order chi connectivity index (χ0) is 14.8. The van der Waals surface area contributed by atoms with Crippen molar-refractivity contribution in [3.8, 4) is 0 Å². The van der Waals surface area contributed by atoms with Crippen LogP contribution in [0, 0.1) is 5.92 Å². The molecule has 0 aliphatic carbocycles. The Morgan fingerprint density at radius 1 is 1.32 bits per heavy atom. The number of hydrogen-bond acceptors (Lipinski definition) is 4. The predicted octanol–water partition coefficient (Wildman–Crippen LogP) is 0.0456. The summed E-state index contributed by atoms with van der Waals surface area (Å²) in [5.74, 6) is -1.15. The molecule has 0 aromatic rings. The van der Waals surface area contributed by atoms with Crippen molar-refractivity contribution in [3.63, 3.8) is 0 Å². The third-order valence-corrected chi connectivity index (χ3v) is 2.88. The number of nitrogens with zero attached hydrogens (tertiary/aromatic N) is 1. The Labute approximate surface area is 113 Å².